The summed E-state index contributed by atoms with van der Waals surface area (Å²) in [5.74, 6) is 1.11. The molecular formula is C32H44N2S3. The van der Waals surface area contributed by atoms with Gasteiger partial charge >= 0.3 is 0 Å². The zero-order valence-corrected chi connectivity index (χ0v) is 26.1. The van der Waals surface area contributed by atoms with Crippen LogP contribution in [0.3, 0.4) is 0 Å². The average Bonchev–Trinajstić information content (AvgIpc) is 3.62. The van der Waals surface area contributed by atoms with E-state index in [2.05, 4.69) is 65.8 Å². The molecule has 4 aromatic rings. The number of aryl methyl sites for hydroxylation is 2. The first-order valence-corrected chi connectivity index (χ1v) is 16.8. The summed E-state index contributed by atoms with van der Waals surface area (Å²) in [5.41, 5.74) is 7.72. The Morgan fingerprint density at radius 1 is 0.622 bits per heavy atom. The van der Waals surface area contributed by atoms with Crippen molar-refractivity contribution in [3.8, 4) is 20.9 Å². The molecule has 0 atom stereocenters. The highest BCUT2D eigenvalue weighted by molar-refractivity contribution is 7.16. The highest BCUT2D eigenvalue weighted by atomic mass is 32.1. The van der Waals surface area contributed by atoms with E-state index in [0.29, 0.717) is 11.8 Å². The van der Waals surface area contributed by atoms with E-state index >= 15 is 0 Å². The number of hydrogen-bond acceptors (Lipinski definition) is 5. The summed E-state index contributed by atoms with van der Waals surface area (Å²) in [6, 6.07) is 9.53. The minimum absolute atomic E-state index is 0.555. The molecule has 0 unspecified atom stereocenters. The van der Waals surface area contributed by atoms with Gasteiger partial charge in [-0.2, -0.15) is 8.75 Å². The fourth-order valence-corrected chi connectivity index (χ4v) is 8.32. The van der Waals surface area contributed by atoms with E-state index in [-0.39, 0.29) is 0 Å². The van der Waals surface area contributed by atoms with Crippen molar-refractivity contribution in [1.29, 1.82) is 0 Å². The second kappa shape index (κ2) is 13.5. The van der Waals surface area contributed by atoms with Gasteiger partial charge in [-0.1, -0.05) is 92.2 Å². The maximum absolute atomic E-state index is 4.83. The standard InChI is InChI=1S/C32H44N2S3/c1-7-9-11-13-15-23-19-27(35-31(23)21(3)4)25-17-18-26(30-29(25)33-37-34-30)28-20-24(16-14-12-10-8-2)32(36-28)22(5)6/h17-22H,7-16H2,1-6H3. The molecule has 0 aliphatic heterocycles. The van der Waals surface area contributed by atoms with Crippen LogP contribution in [0.1, 0.15) is 126 Å². The van der Waals surface area contributed by atoms with Crippen molar-refractivity contribution in [2.45, 2.75) is 118 Å². The van der Waals surface area contributed by atoms with Crippen molar-refractivity contribution >= 4 is 45.4 Å². The van der Waals surface area contributed by atoms with E-state index in [1.54, 1.807) is 20.9 Å². The molecule has 0 aliphatic carbocycles. The zero-order valence-electron chi connectivity index (χ0n) is 23.7. The van der Waals surface area contributed by atoms with Crippen LogP contribution in [0.2, 0.25) is 0 Å². The maximum atomic E-state index is 4.83. The summed E-state index contributed by atoms with van der Waals surface area (Å²) < 4.78 is 9.66. The Morgan fingerprint density at radius 2 is 1.05 bits per heavy atom. The third-order valence-corrected chi connectivity index (χ3v) is 10.8. The lowest BCUT2D eigenvalue weighted by atomic mass is 9.99. The molecule has 0 amide bonds. The number of hydrogen-bond donors (Lipinski definition) is 0. The molecule has 5 heteroatoms. The van der Waals surface area contributed by atoms with Gasteiger partial charge in [-0.3, -0.25) is 0 Å². The molecule has 0 saturated heterocycles. The summed E-state index contributed by atoms with van der Waals surface area (Å²) >= 11 is 5.29. The summed E-state index contributed by atoms with van der Waals surface area (Å²) in [6.45, 7) is 13.9. The van der Waals surface area contributed by atoms with Crippen LogP contribution in [0.25, 0.3) is 31.9 Å². The lowest BCUT2D eigenvalue weighted by Gasteiger charge is -2.06. The number of nitrogens with zero attached hydrogens (tertiary/aromatic N) is 2. The lowest BCUT2D eigenvalue weighted by Crippen LogP contribution is -1.91. The number of benzene rings is 1. The van der Waals surface area contributed by atoms with E-state index in [1.807, 2.05) is 22.7 Å². The van der Waals surface area contributed by atoms with E-state index in [1.165, 1.54) is 96.8 Å². The molecule has 200 valence electrons. The van der Waals surface area contributed by atoms with Gasteiger partial charge in [0.25, 0.3) is 0 Å². The molecule has 0 spiro atoms. The van der Waals surface area contributed by atoms with Gasteiger partial charge in [-0.15, -0.1) is 22.7 Å². The van der Waals surface area contributed by atoms with Crippen LogP contribution in [0.15, 0.2) is 24.3 Å². The molecule has 37 heavy (non-hydrogen) atoms. The van der Waals surface area contributed by atoms with Gasteiger partial charge in [0.1, 0.15) is 11.0 Å². The fraction of sp³-hybridized carbons (Fsp3) is 0.562. The molecular weight excluding hydrogens is 509 g/mol. The quantitative estimate of drug-likeness (QED) is 0.145. The molecule has 0 N–H and O–H groups in total. The van der Waals surface area contributed by atoms with Crippen molar-refractivity contribution < 1.29 is 0 Å². The summed E-state index contributed by atoms with van der Waals surface area (Å²) in [6.07, 6.45) is 12.9. The second-order valence-corrected chi connectivity index (χ2v) is 13.7. The molecule has 2 nitrogen and oxygen atoms in total. The van der Waals surface area contributed by atoms with Crippen LogP contribution in [0, 0.1) is 0 Å². The van der Waals surface area contributed by atoms with Crippen molar-refractivity contribution in [1.82, 2.24) is 8.75 Å². The first-order valence-electron chi connectivity index (χ1n) is 14.5. The Kier molecular flexibility index (Phi) is 10.4. The largest absolute Gasteiger partial charge is 0.172 e. The summed E-state index contributed by atoms with van der Waals surface area (Å²) in [5, 5.41) is 0. The Hall–Kier alpha value is -1.56. The van der Waals surface area contributed by atoms with Gasteiger partial charge in [0.15, 0.2) is 0 Å². The van der Waals surface area contributed by atoms with Crippen molar-refractivity contribution in [2.75, 3.05) is 0 Å². The normalized spacial score (nSPS) is 12.0. The second-order valence-electron chi connectivity index (χ2n) is 11.1. The number of aromatic nitrogens is 2. The van der Waals surface area contributed by atoms with Crippen molar-refractivity contribution in [3.63, 3.8) is 0 Å². The zero-order chi connectivity index (χ0) is 26.4. The minimum atomic E-state index is 0.555. The molecule has 3 heterocycles. The predicted molar refractivity (Wildman–Crippen MR) is 168 cm³/mol. The van der Waals surface area contributed by atoms with E-state index in [0.717, 1.165) is 11.0 Å². The van der Waals surface area contributed by atoms with Gasteiger partial charge in [0, 0.05) is 30.6 Å². The van der Waals surface area contributed by atoms with Gasteiger partial charge in [0.05, 0.1) is 11.7 Å². The molecule has 0 radical (unpaired) electrons. The monoisotopic (exact) mass is 552 g/mol. The molecule has 3 aromatic heterocycles. The number of fused-ring (bicyclic) bond motifs is 1. The Morgan fingerprint density at radius 3 is 1.43 bits per heavy atom. The SMILES string of the molecule is CCCCCCc1cc(-c2ccc(-c3cc(CCCCCC)c(C(C)C)s3)c3nsnc23)sc1C(C)C. The topological polar surface area (TPSA) is 25.8 Å². The fourth-order valence-electron chi connectivity index (χ4n) is 5.27. The molecule has 1 aromatic carbocycles. The summed E-state index contributed by atoms with van der Waals surface area (Å²) in [7, 11) is 0. The van der Waals surface area contributed by atoms with Crippen molar-refractivity contribution in [2.24, 2.45) is 0 Å². The van der Waals surface area contributed by atoms with Gasteiger partial charge in [0.2, 0.25) is 0 Å². The first-order chi connectivity index (χ1) is 17.9. The Balaban J connectivity index is 1.67. The Labute approximate surface area is 236 Å². The predicted octanol–water partition coefficient (Wildman–Crippen LogP) is 11.6. The molecule has 0 fully saturated rings. The first kappa shape index (κ1) is 28.4. The van der Waals surface area contributed by atoms with E-state index in [9.17, 15) is 0 Å². The third-order valence-electron chi connectivity index (χ3n) is 7.28. The minimum Gasteiger partial charge on any atom is -0.172 e. The molecule has 0 bridgehead atoms. The number of unbranched alkanes of at least 4 members (excludes halogenated alkanes) is 6. The van der Waals surface area contributed by atoms with Gasteiger partial charge < -0.3 is 0 Å². The van der Waals surface area contributed by atoms with Crippen LogP contribution in [0.4, 0.5) is 0 Å². The van der Waals surface area contributed by atoms with Crippen molar-refractivity contribution in [3.05, 3.63) is 45.1 Å². The van der Waals surface area contributed by atoms with Crippen LogP contribution in [-0.4, -0.2) is 8.75 Å². The summed E-state index contributed by atoms with van der Waals surface area (Å²) in [4.78, 5) is 5.78. The van der Waals surface area contributed by atoms with Crippen LogP contribution < -0.4 is 0 Å². The smallest absolute Gasteiger partial charge is 0.114 e. The molecule has 0 aliphatic rings. The average molecular weight is 553 g/mol. The maximum Gasteiger partial charge on any atom is 0.114 e. The number of thiophene rings is 2. The molecule has 0 saturated carbocycles. The third kappa shape index (κ3) is 6.72. The molecule has 4 rings (SSSR count). The van der Waals surface area contributed by atoms with Gasteiger partial charge in [-0.25, -0.2) is 0 Å². The van der Waals surface area contributed by atoms with E-state index in [4.69, 9.17) is 8.75 Å². The van der Waals surface area contributed by atoms with Gasteiger partial charge in [-0.05, 0) is 60.8 Å². The highest BCUT2D eigenvalue weighted by Crippen LogP contribution is 2.43. The van der Waals surface area contributed by atoms with E-state index < -0.39 is 0 Å². The Bertz CT molecular complexity index is 1180. The highest BCUT2D eigenvalue weighted by Gasteiger charge is 2.20. The van der Waals surface area contributed by atoms with Crippen LogP contribution >= 0.6 is 34.4 Å². The van der Waals surface area contributed by atoms with Crippen LogP contribution in [-0.2, 0) is 12.8 Å². The number of rotatable bonds is 14. The lowest BCUT2D eigenvalue weighted by molar-refractivity contribution is 0.664. The van der Waals surface area contributed by atoms with Crippen LogP contribution in [0.5, 0.6) is 0 Å².